The number of rotatable bonds is 4. The third-order valence-corrected chi connectivity index (χ3v) is 4.26. The Kier molecular flexibility index (Phi) is 5.70. The van der Waals surface area contributed by atoms with E-state index in [1.807, 2.05) is 0 Å². The second kappa shape index (κ2) is 8.00. The highest BCUT2D eigenvalue weighted by atomic mass is 35.5. The Morgan fingerprint density at radius 1 is 1.04 bits per heavy atom. The topological polar surface area (TPSA) is 85.6 Å². The quantitative estimate of drug-likeness (QED) is 0.619. The molecule has 0 radical (unpaired) electrons. The van der Waals surface area contributed by atoms with Crippen molar-refractivity contribution in [3.8, 4) is 0 Å². The summed E-state index contributed by atoms with van der Waals surface area (Å²) in [6, 6.07) is 10.3. The summed E-state index contributed by atoms with van der Waals surface area (Å²) >= 11 is 17.7. The summed E-state index contributed by atoms with van der Waals surface area (Å²) in [5.41, 5.74) is -0.0184. The van der Waals surface area contributed by atoms with E-state index in [-0.39, 0.29) is 27.1 Å². The lowest BCUT2D eigenvalue weighted by Crippen LogP contribution is -2.21. The highest BCUT2D eigenvalue weighted by Gasteiger charge is 2.17. The number of halogens is 3. The van der Waals surface area contributed by atoms with Crippen molar-refractivity contribution in [3.63, 3.8) is 0 Å². The van der Waals surface area contributed by atoms with Crippen molar-refractivity contribution in [1.82, 2.24) is 0 Å². The molecule has 3 aromatic rings. The number of benzene rings is 2. The molecule has 1 heterocycles. The maximum Gasteiger partial charge on any atom is 0.374 e. The van der Waals surface area contributed by atoms with Crippen molar-refractivity contribution in [2.24, 2.45) is 0 Å². The number of nitrogens with one attached hydrogen (secondary N) is 1. The molecule has 0 aliphatic carbocycles. The Labute approximate surface area is 167 Å². The zero-order valence-corrected chi connectivity index (χ0v) is 15.7. The van der Waals surface area contributed by atoms with Gasteiger partial charge in [-0.15, -0.1) is 0 Å². The van der Waals surface area contributed by atoms with E-state index in [1.165, 1.54) is 12.1 Å². The average Bonchev–Trinajstić information content (AvgIpc) is 2.62. The van der Waals surface area contributed by atoms with Gasteiger partial charge in [0, 0.05) is 11.1 Å². The smallest absolute Gasteiger partial charge is 0.374 e. The lowest BCUT2D eigenvalue weighted by atomic mass is 10.2. The molecule has 1 amide bonds. The van der Waals surface area contributed by atoms with E-state index in [0.29, 0.717) is 10.4 Å². The molecule has 9 heteroatoms. The number of carbonyl (C=O) groups excluding carboxylic acids is 2. The second-order valence-corrected chi connectivity index (χ2v) is 6.59. The summed E-state index contributed by atoms with van der Waals surface area (Å²) in [7, 11) is 0. The summed E-state index contributed by atoms with van der Waals surface area (Å²) in [4.78, 5) is 36.1. The molecule has 0 spiro atoms. The first-order valence-corrected chi connectivity index (χ1v) is 8.63. The summed E-state index contributed by atoms with van der Waals surface area (Å²) in [5, 5.41) is 3.33. The molecule has 138 valence electrons. The number of carbonyl (C=O) groups is 2. The fraction of sp³-hybridized carbons (Fsp3) is 0.0556. The summed E-state index contributed by atoms with van der Waals surface area (Å²) in [6.07, 6.45) is 0. The van der Waals surface area contributed by atoms with E-state index in [4.69, 9.17) is 44.0 Å². The minimum atomic E-state index is -0.957. The molecule has 0 saturated carbocycles. The first-order valence-electron chi connectivity index (χ1n) is 7.49. The van der Waals surface area contributed by atoms with E-state index in [2.05, 4.69) is 5.32 Å². The summed E-state index contributed by atoms with van der Waals surface area (Å²) in [5.74, 6) is -1.95. The first kappa shape index (κ1) is 19.2. The van der Waals surface area contributed by atoms with Crippen LogP contribution < -0.4 is 10.7 Å². The number of amides is 1. The van der Waals surface area contributed by atoms with Crippen LogP contribution in [-0.4, -0.2) is 18.5 Å². The van der Waals surface area contributed by atoms with Crippen LogP contribution in [0, 0.1) is 0 Å². The zero-order chi connectivity index (χ0) is 19.6. The van der Waals surface area contributed by atoms with Gasteiger partial charge in [0.05, 0.1) is 21.1 Å². The van der Waals surface area contributed by atoms with Crippen LogP contribution in [0.5, 0.6) is 0 Å². The predicted molar refractivity (Wildman–Crippen MR) is 103 cm³/mol. The third-order valence-electron chi connectivity index (χ3n) is 3.44. The molecule has 1 aromatic heterocycles. The third kappa shape index (κ3) is 4.42. The highest BCUT2D eigenvalue weighted by molar-refractivity contribution is 6.42. The maximum atomic E-state index is 12.1. The van der Waals surface area contributed by atoms with Crippen molar-refractivity contribution in [1.29, 1.82) is 0 Å². The summed E-state index contributed by atoms with van der Waals surface area (Å²) < 4.78 is 10.2. The number of esters is 1. The van der Waals surface area contributed by atoms with E-state index >= 15 is 0 Å². The van der Waals surface area contributed by atoms with Gasteiger partial charge in [-0.05, 0) is 24.3 Å². The van der Waals surface area contributed by atoms with Gasteiger partial charge in [0.25, 0.3) is 5.91 Å². The molecule has 0 bridgehead atoms. The van der Waals surface area contributed by atoms with E-state index < -0.39 is 23.9 Å². The minimum Gasteiger partial charge on any atom is -0.450 e. The lowest BCUT2D eigenvalue weighted by molar-refractivity contribution is -0.119. The Balaban J connectivity index is 1.69. The van der Waals surface area contributed by atoms with Crippen molar-refractivity contribution in [2.45, 2.75) is 0 Å². The number of para-hydroxylation sites is 1. The standard InChI is InChI=1S/C18H10Cl3NO5/c19-9-5-11(20)17(12(21)6-9)22-16(24)8-26-18(25)15-7-13(23)10-3-1-2-4-14(10)27-15/h1-7H,8H2,(H,22,24). The van der Waals surface area contributed by atoms with Gasteiger partial charge in [-0.25, -0.2) is 4.79 Å². The first-order chi connectivity index (χ1) is 12.8. The number of hydrogen-bond acceptors (Lipinski definition) is 5. The molecule has 0 aliphatic heterocycles. The molecule has 3 rings (SSSR count). The van der Waals surface area contributed by atoms with Gasteiger partial charge in [-0.2, -0.15) is 0 Å². The van der Waals surface area contributed by atoms with Crippen molar-refractivity contribution in [3.05, 3.63) is 73.5 Å². The van der Waals surface area contributed by atoms with Crippen LogP contribution in [-0.2, 0) is 9.53 Å². The van der Waals surface area contributed by atoms with Crippen LogP contribution >= 0.6 is 34.8 Å². The summed E-state index contributed by atoms with van der Waals surface area (Å²) in [6.45, 7) is -0.634. The molecule has 0 aliphatic rings. The molecular weight excluding hydrogens is 417 g/mol. The lowest BCUT2D eigenvalue weighted by Gasteiger charge is -2.10. The zero-order valence-electron chi connectivity index (χ0n) is 13.4. The van der Waals surface area contributed by atoms with E-state index in [1.54, 1.807) is 24.3 Å². The number of hydrogen-bond donors (Lipinski definition) is 1. The maximum absolute atomic E-state index is 12.1. The van der Waals surface area contributed by atoms with Gasteiger partial charge in [-0.1, -0.05) is 46.9 Å². The van der Waals surface area contributed by atoms with Crippen LogP contribution in [0.1, 0.15) is 10.6 Å². The predicted octanol–water partition coefficient (Wildman–Crippen LogP) is 4.55. The van der Waals surface area contributed by atoms with Crippen LogP contribution in [0.25, 0.3) is 11.0 Å². The fourth-order valence-electron chi connectivity index (χ4n) is 2.24. The normalized spacial score (nSPS) is 10.6. The Morgan fingerprint density at radius 3 is 2.41 bits per heavy atom. The fourth-order valence-corrected chi connectivity index (χ4v) is 3.16. The monoisotopic (exact) mass is 425 g/mol. The Hall–Kier alpha value is -2.54. The van der Waals surface area contributed by atoms with Gasteiger partial charge in [0.15, 0.2) is 12.0 Å². The van der Waals surface area contributed by atoms with Gasteiger partial charge >= 0.3 is 5.97 Å². The van der Waals surface area contributed by atoms with E-state index in [0.717, 1.165) is 6.07 Å². The molecule has 0 saturated heterocycles. The van der Waals surface area contributed by atoms with E-state index in [9.17, 15) is 14.4 Å². The Morgan fingerprint density at radius 2 is 1.70 bits per heavy atom. The second-order valence-electron chi connectivity index (χ2n) is 5.34. The highest BCUT2D eigenvalue weighted by Crippen LogP contribution is 2.33. The number of anilines is 1. The van der Waals surface area contributed by atoms with Crippen molar-refractivity contribution in [2.75, 3.05) is 11.9 Å². The number of ether oxygens (including phenoxy) is 1. The molecule has 27 heavy (non-hydrogen) atoms. The van der Waals surface area contributed by atoms with Gasteiger partial charge in [0.1, 0.15) is 5.58 Å². The largest absolute Gasteiger partial charge is 0.450 e. The van der Waals surface area contributed by atoms with Crippen molar-refractivity contribution < 1.29 is 18.7 Å². The molecule has 0 unspecified atom stereocenters. The van der Waals surface area contributed by atoms with Gasteiger partial charge in [-0.3, -0.25) is 9.59 Å². The van der Waals surface area contributed by atoms with Crippen LogP contribution in [0.4, 0.5) is 5.69 Å². The Bertz CT molecular complexity index is 1090. The molecule has 1 N–H and O–H groups in total. The molecule has 0 atom stereocenters. The molecule has 0 fully saturated rings. The minimum absolute atomic E-state index is 0.132. The average molecular weight is 427 g/mol. The van der Waals surface area contributed by atoms with Gasteiger partial charge < -0.3 is 14.5 Å². The molecule has 6 nitrogen and oxygen atoms in total. The van der Waals surface area contributed by atoms with Crippen LogP contribution in [0.15, 0.2) is 51.7 Å². The van der Waals surface area contributed by atoms with Crippen LogP contribution in [0.3, 0.4) is 0 Å². The number of fused-ring (bicyclic) bond motifs is 1. The molecular formula is C18H10Cl3NO5. The van der Waals surface area contributed by atoms with Crippen molar-refractivity contribution >= 4 is 63.3 Å². The molecule has 2 aromatic carbocycles. The van der Waals surface area contributed by atoms with Crippen LogP contribution in [0.2, 0.25) is 15.1 Å². The van der Waals surface area contributed by atoms with Gasteiger partial charge in [0.2, 0.25) is 5.76 Å². The SMILES string of the molecule is O=C(COC(=O)c1cc(=O)c2ccccc2o1)Nc1c(Cl)cc(Cl)cc1Cl.